The van der Waals surface area contributed by atoms with Crippen LogP contribution in [0.2, 0.25) is 0 Å². The summed E-state index contributed by atoms with van der Waals surface area (Å²) in [6.07, 6.45) is 4.25. The number of thiophene rings is 1. The molecule has 114 valence electrons. The third kappa shape index (κ3) is 3.20. The monoisotopic (exact) mass is 307 g/mol. The minimum absolute atomic E-state index is 0.0167. The Morgan fingerprint density at radius 2 is 2.48 bits per heavy atom. The van der Waals surface area contributed by atoms with Gasteiger partial charge in [0, 0.05) is 6.54 Å². The van der Waals surface area contributed by atoms with E-state index in [1.54, 1.807) is 17.4 Å². The predicted octanol–water partition coefficient (Wildman–Crippen LogP) is 2.25. The molecule has 0 spiro atoms. The SMILES string of the molecule is C=CCOC1C2CCC1N(C(=O)Cc1ccsc1)CCO2. The molecule has 1 saturated heterocycles. The maximum absolute atomic E-state index is 12.6. The third-order valence-corrected chi connectivity index (χ3v) is 4.95. The normalized spacial score (nSPS) is 28.4. The van der Waals surface area contributed by atoms with Crippen LogP contribution in [0.5, 0.6) is 0 Å². The summed E-state index contributed by atoms with van der Waals surface area (Å²) in [6, 6.07) is 2.16. The van der Waals surface area contributed by atoms with Gasteiger partial charge in [-0.3, -0.25) is 4.79 Å². The van der Waals surface area contributed by atoms with Crippen LogP contribution in [0.3, 0.4) is 0 Å². The summed E-state index contributed by atoms with van der Waals surface area (Å²) in [5.41, 5.74) is 1.09. The first kappa shape index (κ1) is 14.8. The van der Waals surface area contributed by atoms with Crippen molar-refractivity contribution >= 4 is 17.2 Å². The number of nitrogens with zero attached hydrogens (tertiary/aromatic N) is 1. The summed E-state index contributed by atoms with van der Waals surface area (Å²) < 4.78 is 11.7. The van der Waals surface area contributed by atoms with Gasteiger partial charge in [0.15, 0.2) is 0 Å². The Bertz CT molecular complexity index is 488. The van der Waals surface area contributed by atoms with Gasteiger partial charge in [0.1, 0.15) is 6.10 Å². The molecule has 0 N–H and O–H groups in total. The Morgan fingerprint density at radius 1 is 1.57 bits per heavy atom. The van der Waals surface area contributed by atoms with Crippen molar-refractivity contribution in [2.24, 2.45) is 0 Å². The highest BCUT2D eigenvalue weighted by Crippen LogP contribution is 2.32. The highest BCUT2D eigenvalue weighted by atomic mass is 32.1. The van der Waals surface area contributed by atoms with E-state index in [2.05, 4.69) is 6.58 Å². The van der Waals surface area contributed by atoms with Crippen molar-refractivity contribution in [3.05, 3.63) is 35.0 Å². The fourth-order valence-electron chi connectivity index (χ4n) is 3.27. The Labute approximate surface area is 129 Å². The summed E-state index contributed by atoms with van der Waals surface area (Å²) in [7, 11) is 0. The van der Waals surface area contributed by atoms with E-state index in [9.17, 15) is 4.79 Å². The quantitative estimate of drug-likeness (QED) is 0.783. The molecule has 2 bridgehead atoms. The summed E-state index contributed by atoms with van der Waals surface area (Å²) in [5.74, 6) is 0.178. The van der Waals surface area contributed by atoms with Gasteiger partial charge in [0.2, 0.25) is 5.91 Å². The van der Waals surface area contributed by atoms with Crippen molar-refractivity contribution in [2.75, 3.05) is 19.8 Å². The van der Waals surface area contributed by atoms with Gasteiger partial charge in [-0.2, -0.15) is 11.3 Å². The van der Waals surface area contributed by atoms with E-state index < -0.39 is 0 Å². The van der Waals surface area contributed by atoms with E-state index in [1.807, 2.05) is 21.7 Å². The molecule has 2 aliphatic rings. The summed E-state index contributed by atoms with van der Waals surface area (Å²) >= 11 is 1.63. The van der Waals surface area contributed by atoms with Crippen LogP contribution < -0.4 is 0 Å². The number of hydrogen-bond acceptors (Lipinski definition) is 4. The van der Waals surface area contributed by atoms with E-state index in [-0.39, 0.29) is 24.2 Å². The van der Waals surface area contributed by atoms with Crippen LogP contribution in [-0.2, 0) is 20.7 Å². The molecule has 1 aliphatic heterocycles. The van der Waals surface area contributed by atoms with Crippen LogP contribution in [0.4, 0.5) is 0 Å². The molecular formula is C16H21NO3S. The number of carbonyl (C=O) groups excluding carboxylic acids is 1. The molecule has 0 radical (unpaired) electrons. The molecule has 1 amide bonds. The maximum Gasteiger partial charge on any atom is 0.227 e. The molecule has 3 rings (SSSR count). The van der Waals surface area contributed by atoms with Gasteiger partial charge in [-0.1, -0.05) is 6.08 Å². The zero-order valence-corrected chi connectivity index (χ0v) is 12.9. The van der Waals surface area contributed by atoms with Gasteiger partial charge in [0.05, 0.1) is 31.8 Å². The highest BCUT2D eigenvalue weighted by molar-refractivity contribution is 7.07. The lowest BCUT2D eigenvalue weighted by molar-refractivity contribution is -0.134. The fraction of sp³-hybridized carbons (Fsp3) is 0.562. The molecule has 3 atom stereocenters. The molecule has 0 aromatic carbocycles. The average molecular weight is 307 g/mol. The molecule has 4 nitrogen and oxygen atoms in total. The van der Waals surface area contributed by atoms with Crippen molar-refractivity contribution < 1.29 is 14.3 Å². The summed E-state index contributed by atoms with van der Waals surface area (Å²) in [4.78, 5) is 14.6. The van der Waals surface area contributed by atoms with E-state index in [0.717, 1.165) is 18.4 Å². The number of rotatable bonds is 5. The molecule has 2 fully saturated rings. The lowest BCUT2D eigenvalue weighted by Gasteiger charge is -2.31. The van der Waals surface area contributed by atoms with E-state index in [1.165, 1.54) is 0 Å². The molecule has 1 saturated carbocycles. The maximum atomic E-state index is 12.6. The summed E-state index contributed by atoms with van der Waals surface area (Å²) in [6.45, 7) is 5.47. The highest BCUT2D eigenvalue weighted by Gasteiger charge is 2.44. The molecule has 1 aromatic rings. The van der Waals surface area contributed by atoms with Crippen molar-refractivity contribution in [3.63, 3.8) is 0 Å². The van der Waals surface area contributed by atoms with Crippen LogP contribution in [0.15, 0.2) is 29.5 Å². The van der Waals surface area contributed by atoms with Crippen molar-refractivity contribution in [3.8, 4) is 0 Å². The standard InChI is InChI=1S/C16H21NO3S/c1-2-7-20-16-13-3-4-14(16)19-8-6-17(13)15(18)10-12-5-9-21-11-12/h2,5,9,11,13-14,16H,1,3-4,6-8,10H2. The number of hydrogen-bond donors (Lipinski definition) is 0. The Hall–Kier alpha value is -1.17. The second-order valence-electron chi connectivity index (χ2n) is 5.54. The van der Waals surface area contributed by atoms with Crippen LogP contribution in [0.25, 0.3) is 0 Å². The molecule has 3 unspecified atom stereocenters. The van der Waals surface area contributed by atoms with E-state index >= 15 is 0 Å². The molecule has 5 heteroatoms. The van der Waals surface area contributed by atoms with Gasteiger partial charge in [-0.25, -0.2) is 0 Å². The second-order valence-corrected chi connectivity index (χ2v) is 6.32. The topological polar surface area (TPSA) is 38.8 Å². The first-order valence-corrected chi connectivity index (χ1v) is 8.38. The summed E-state index contributed by atoms with van der Waals surface area (Å²) in [5, 5.41) is 4.05. The fourth-order valence-corrected chi connectivity index (χ4v) is 3.94. The van der Waals surface area contributed by atoms with Gasteiger partial charge in [0.25, 0.3) is 0 Å². The zero-order chi connectivity index (χ0) is 14.7. The molecule has 21 heavy (non-hydrogen) atoms. The number of amides is 1. The zero-order valence-electron chi connectivity index (χ0n) is 12.1. The predicted molar refractivity (Wildman–Crippen MR) is 82.4 cm³/mol. The Kier molecular flexibility index (Phi) is 4.73. The van der Waals surface area contributed by atoms with Crippen molar-refractivity contribution in [1.82, 2.24) is 4.90 Å². The van der Waals surface area contributed by atoms with E-state index in [4.69, 9.17) is 9.47 Å². The number of fused-ring (bicyclic) bond motifs is 2. The van der Waals surface area contributed by atoms with Crippen LogP contribution in [-0.4, -0.2) is 48.8 Å². The minimum Gasteiger partial charge on any atom is -0.374 e. The smallest absolute Gasteiger partial charge is 0.227 e. The van der Waals surface area contributed by atoms with Gasteiger partial charge in [-0.05, 0) is 35.2 Å². The lowest BCUT2D eigenvalue weighted by Crippen LogP contribution is -2.47. The minimum atomic E-state index is -0.0167. The molecular weight excluding hydrogens is 286 g/mol. The lowest BCUT2D eigenvalue weighted by atomic mass is 10.1. The van der Waals surface area contributed by atoms with Crippen molar-refractivity contribution in [1.29, 1.82) is 0 Å². The molecule has 2 heterocycles. The second kappa shape index (κ2) is 6.73. The van der Waals surface area contributed by atoms with Crippen LogP contribution in [0.1, 0.15) is 18.4 Å². The van der Waals surface area contributed by atoms with Crippen LogP contribution in [0, 0.1) is 0 Å². The third-order valence-electron chi connectivity index (χ3n) is 4.22. The number of ether oxygens (including phenoxy) is 2. The largest absolute Gasteiger partial charge is 0.374 e. The van der Waals surface area contributed by atoms with Crippen molar-refractivity contribution in [2.45, 2.75) is 37.5 Å². The first-order valence-electron chi connectivity index (χ1n) is 7.44. The molecule has 1 aliphatic carbocycles. The van der Waals surface area contributed by atoms with Crippen LogP contribution >= 0.6 is 11.3 Å². The Balaban J connectivity index is 1.71. The van der Waals surface area contributed by atoms with Gasteiger partial charge in [-0.15, -0.1) is 6.58 Å². The average Bonchev–Trinajstić information content (AvgIpc) is 3.04. The first-order chi connectivity index (χ1) is 10.3. The van der Waals surface area contributed by atoms with Gasteiger partial charge >= 0.3 is 0 Å². The van der Waals surface area contributed by atoms with E-state index in [0.29, 0.717) is 26.2 Å². The molecule has 1 aromatic heterocycles. The number of carbonyl (C=O) groups is 1. The van der Waals surface area contributed by atoms with Gasteiger partial charge < -0.3 is 14.4 Å². The Morgan fingerprint density at radius 3 is 3.24 bits per heavy atom.